The van der Waals surface area contributed by atoms with E-state index < -0.39 is 0 Å². The number of aromatic nitrogens is 1. The molecule has 3 rings (SSSR count). The Morgan fingerprint density at radius 2 is 1.87 bits per heavy atom. The van der Waals surface area contributed by atoms with Crippen LogP contribution in [-0.2, 0) is 0 Å². The standard InChI is InChI=1S/C18H15ClFNO2/c19-8-1-9-23-15-5-2-12(3-6-15)18-17(22)11-13-10-14(20)4-7-16(13)21-18/h2-7,10-11,22H,1,8-9H2. The number of fused-ring (bicyclic) bond motifs is 1. The Morgan fingerprint density at radius 3 is 2.61 bits per heavy atom. The summed E-state index contributed by atoms with van der Waals surface area (Å²) in [5, 5.41) is 10.7. The Kier molecular flexibility index (Phi) is 4.63. The van der Waals surface area contributed by atoms with Gasteiger partial charge in [-0.3, -0.25) is 0 Å². The van der Waals surface area contributed by atoms with Crippen molar-refractivity contribution in [1.82, 2.24) is 4.98 Å². The topological polar surface area (TPSA) is 42.4 Å². The second-order valence-electron chi connectivity index (χ2n) is 5.11. The van der Waals surface area contributed by atoms with Gasteiger partial charge in [0.05, 0.1) is 12.1 Å². The fourth-order valence-corrected chi connectivity index (χ4v) is 2.41. The summed E-state index contributed by atoms with van der Waals surface area (Å²) in [6.07, 6.45) is 0.785. The van der Waals surface area contributed by atoms with Crippen LogP contribution in [0.1, 0.15) is 6.42 Å². The molecule has 0 bridgehead atoms. The van der Waals surface area contributed by atoms with Crippen LogP contribution in [0.15, 0.2) is 48.5 Å². The van der Waals surface area contributed by atoms with Crippen LogP contribution in [-0.4, -0.2) is 22.6 Å². The number of hydrogen-bond donors (Lipinski definition) is 1. The zero-order valence-electron chi connectivity index (χ0n) is 12.3. The Hall–Kier alpha value is -2.33. The lowest BCUT2D eigenvalue weighted by molar-refractivity contribution is 0.318. The maximum Gasteiger partial charge on any atom is 0.142 e. The molecular formula is C18H15ClFNO2. The average Bonchev–Trinajstić information content (AvgIpc) is 2.55. The normalized spacial score (nSPS) is 10.9. The van der Waals surface area contributed by atoms with Gasteiger partial charge in [-0.05, 0) is 55.0 Å². The third kappa shape index (κ3) is 3.54. The molecule has 0 unspecified atom stereocenters. The average molecular weight is 332 g/mol. The fourth-order valence-electron chi connectivity index (χ4n) is 2.30. The first-order chi connectivity index (χ1) is 11.2. The second kappa shape index (κ2) is 6.84. The van der Waals surface area contributed by atoms with E-state index in [-0.39, 0.29) is 11.6 Å². The molecule has 0 amide bonds. The van der Waals surface area contributed by atoms with Gasteiger partial charge in [0, 0.05) is 16.8 Å². The number of hydrogen-bond acceptors (Lipinski definition) is 3. The Labute approximate surface area is 138 Å². The lowest BCUT2D eigenvalue weighted by Crippen LogP contribution is -1.97. The van der Waals surface area contributed by atoms with Crippen molar-refractivity contribution in [2.24, 2.45) is 0 Å². The summed E-state index contributed by atoms with van der Waals surface area (Å²) in [5.41, 5.74) is 1.84. The van der Waals surface area contributed by atoms with Gasteiger partial charge in [0.25, 0.3) is 0 Å². The molecule has 0 atom stereocenters. The van der Waals surface area contributed by atoms with Crippen LogP contribution in [0.4, 0.5) is 4.39 Å². The van der Waals surface area contributed by atoms with Crippen molar-refractivity contribution in [3.63, 3.8) is 0 Å². The van der Waals surface area contributed by atoms with Crippen LogP contribution >= 0.6 is 11.6 Å². The van der Waals surface area contributed by atoms with Gasteiger partial charge >= 0.3 is 0 Å². The molecule has 5 heteroatoms. The molecule has 1 heterocycles. The van der Waals surface area contributed by atoms with Crippen LogP contribution in [0, 0.1) is 5.82 Å². The van der Waals surface area contributed by atoms with Gasteiger partial charge in [0.15, 0.2) is 0 Å². The molecule has 1 aromatic heterocycles. The van der Waals surface area contributed by atoms with Crippen molar-refractivity contribution in [3.8, 4) is 22.8 Å². The number of ether oxygens (including phenoxy) is 1. The molecule has 23 heavy (non-hydrogen) atoms. The molecule has 2 aromatic carbocycles. The maximum absolute atomic E-state index is 13.2. The number of benzene rings is 2. The van der Waals surface area contributed by atoms with E-state index in [9.17, 15) is 9.50 Å². The highest BCUT2D eigenvalue weighted by Crippen LogP contribution is 2.31. The summed E-state index contributed by atoms with van der Waals surface area (Å²) < 4.78 is 18.8. The molecule has 3 aromatic rings. The quantitative estimate of drug-likeness (QED) is 0.541. The SMILES string of the molecule is Oc1cc2cc(F)ccc2nc1-c1ccc(OCCCCl)cc1. The monoisotopic (exact) mass is 331 g/mol. The molecule has 1 N–H and O–H groups in total. The first-order valence-corrected chi connectivity index (χ1v) is 7.79. The van der Waals surface area contributed by atoms with Gasteiger partial charge in [0.1, 0.15) is 23.0 Å². The fraction of sp³-hybridized carbons (Fsp3) is 0.167. The summed E-state index contributed by atoms with van der Waals surface area (Å²) in [5.74, 6) is 0.957. The smallest absolute Gasteiger partial charge is 0.142 e. The van der Waals surface area contributed by atoms with Crippen LogP contribution in [0.3, 0.4) is 0 Å². The number of nitrogens with zero attached hydrogens (tertiary/aromatic N) is 1. The largest absolute Gasteiger partial charge is 0.506 e. The van der Waals surface area contributed by atoms with Crippen molar-refractivity contribution in [3.05, 3.63) is 54.3 Å². The first-order valence-electron chi connectivity index (χ1n) is 7.26. The highest BCUT2D eigenvalue weighted by atomic mass is 35.5. The molecule has 0 spiro atoms. The summed E-state index contributed by atoms with van der Waals surface area (Å²) >= 11 is 5.61. The lowest BCUT2D eigenvalue weighted by atomic mass is 10.1. The van der Waals surface area contributed by atoms with Crippen molar-refractivity contribution < 1.29 is 14.2 Å². The van der Waals surface area contributed by atoms with Crippen LogP contribution in [0.2, 0.25) is 0 Å². The number of pyridine rings is 1. The Balaban J connectivity index is 1.90. The minimum absolute atomic E-state index is 0.0129. The van der Waals surface area contributed by atoms with Gasteiger partial charge in [0.2, 0.25) is 0 Å². The molecule has 0 saturated heterocycles. The van der Waals surface area contributed by atoms with Crippen LogP contribution in [0.25, 0.3) is 22.2 Å². The van der Waals surface area contributed by atoms with E-state index >= 15 is 0 Å². The van der Waals surface area contributed by atoms with Crippen LogP contribution in [0.5, 0.6) is 11.5 Å². The molecule has 0 aliphatic heterocycles. The molecule has 0 aliphatic rings. The highest BCUT2D eigenvalue weighted by molar-refractivity contribution is 6.17. The number of aromatic hydroxyl groups is 1. The van der Waals surface area contributed by atoms with E-state index in [1.165, 1.54) is 18.2 Å². The van der Waals surface area contributed by atoms with E-state index in [4.69, 9.17) is 16.3 Å². The minimum atomic E-state index is -0.357. The van der Waals surface area contributed by atoms with E-state index in [1.807, 2.05) is 24.3 Å². The van der Waals surface area contributed by atoms with Gasteiger partial charge in [-0.1, -0.05) is 0 Å². The number of alkyl halides is 1. The molecule has 0 radical (unpaired) electrons. The van der Waals surface area contributed by atoms with Gasteiger partial charge in [-0.2, -0.15) is 0 Å². The summed E-state index contributed by atoms with van der Waals surface area (Å²) in [7, 11) is 0. The summed E-state index contributed by atoms with van der Waals surface area (Å²) in [4.78, 5) is 4.42. The lowest BCUT2D eigenvalue weighted by Gasteiger charge is -2.08. The van der Waals surface area contributed by atoms with Crippen molar-refractivity contribution in [2.45, 2.75) is 6.42 Å². The summed E-state index contributed by atoms with van der Waals surface area (Å²) in [6, 6.07) is 13.1. The van der Waals surface area contributed by atoms with Gasteiger partial charge < -0.3 is 9.84 Å². The molecule has 0 saturated carbocycles. The zero-order valence-corrected chi connectivity index (χ0v) is 13.1. The number of halogens is 2. The zero-order chi connectivity index (χ0) is 16.2. The van der Waals surface area contributed by atoms with Crippen molar-refractivity contribution in [1.29, 1.82) is 0 Å². The third-order valence-electron chi connectivity index (χ3n) is 3.43. The number of rotatable bonds is 5. The van der Waals surface area contributed by atoms with Crippen LogP contribution < -0.4 is 4.74 Å². The Morgan fingerprint density at radius 1 is 1.09 bits per heavy atom. The predicted octanol–water partition coefficient (Wildman–Crippen LogP) is 4.75. The summed E-state index contributed by atoms with van der Waals surface area (Å²) in [6.45, 7) is 0.563. The molecular weight excluding hydrogens is 317 g/mol. The van der Waals surface area contributed by atoms with E-state index in [1.54, 1.807) is 6.07 Å². The molecule has 3 nitrogen and oxygen atoms in total. The van der Waals surface area contributed by atoms with Gasteiger partial charge in [-0.15, -0.1) is 11.6 Å². The second-order valence-corrected chi connectivity index (χ2v) is 5.49. The van der Waals surface area contributed by atoms with Crippen molar-refractivity contribution in [2.75, 3.05) is 12.5 Å². The van der Waals surface area contributed by atoms with E-state index in [2.05, 4.69) is 4.98 Å². The predicted molar refractivity (Wildman–Crippen MR) is 89.6 cm³/mol. The Bertz CT molecular complexity index is 821. The highest BCUT2D eigenvalue weighted by Gasteiger charge is 2.09. The molecule has 0 aliphatic carbocycles. The third-order valence-corrected chi connectivity index (χ3v) is 3.70. The molecule has 118 valence electrons. The molecule has 0 fully saturated rings. The van der Waals surface area contributed by atoms with Gasteiger partial charge in [-0.25, -0.2) is 9.37 Å². The maximum atomic E-state index is 13.2. The minimum Gasteiger partial charge on any atom is -0.506 e. The van der Waals surface area contributed by atoms with E-state index in [0.717, 1.165) is 17.7 Å². The van der Waals surface area contributed by atoms with Crippen molar-refractivity contribution >= 4 is 22.5 Å². The van der Waals surface area contributed by atoms with E-state index in [0.29, 0.717) is 29.1 Å². The first kappa shape index (κ1) is 15.6.